The van der Waals surface area contributed by atoms with Crippen LogP contribution in [0.15, 0.2) is 44.6 Å². The van der Waals surface area contributed by atoms with Gasteiger partial charge in [0.15, 0.2) is 0 Å². The van der Waals surface area contributed by atoms with Crippen LogP contribution in [0.4, 0.5) is 11.4 Å². The van der Waals surface area contributed by atoms with E-state index in [1.54, 1.807) is 25.1 Å². The molecule has 2 N–H and O–H groups in total. The molecule has 0 amide bonds. The average Bonchev–Trinajstić information content (AvgIpc) is 2.77. The first-order valence-electron chi connectivity index (χ1n) is 7.26. The number of non-ortho nitro benzene ring substituents is 1. The quantitative estimate of drug-likeness (QED) is 0.211. The van der Waals surface area contributed by atoms with E-state index in [4.69, 9.17) is 10.6 Å². The Hall–Kier alpha value is -3.34. The predicted octanol–water partition coefficient (Wildman–Crippen LogP) is 2.32. The van der Waals surface area contributed by atoms with Crippen LogP contribution in [-0.2, 0) is 0 Å². The summed E-state index contributed by atoms with van der Waals surface area (Å²) in [5.74, 6) is 0.130. The summed E-state index contributed by atoms with van der Waals surface area (Å²) in [6.07, 6.45) is 2.43. The van der Waals surface area contributed by atoms with E-state index in [0.29, 0.717) is 26.9 Å². The summed E-state index contributed by atoms with van der Waals surface area (Å²) in [4.78, 5) is 25.6. The predicted molar refractivity (Wildman–Crippen MR) is 96.2 cm³/mol. The zero-order chi connectivity index (χ0) is 18.8. The van der Waals surface area contributed by atoms with Crippen LogP contribution < -0.4 is 0 Å². The number of nitro groups is 1. The number of aromatic nitrogens is 2. The molecule has 11 heteroatoms. The highest BCUT2D eigenvalue weighted by Gasteiger charge is 2.24. The van der Waals surface area contributed by atoms with Crippen molar-refractivity contribution in [3.8, 4) is 0 Å². The van der Waals surface area contributed by atoms with E-state index in [1.807, 2.05) is 0 Å². The Morgan fingerprint density at radius 2 is 2.19 bits per heavy atom. The minimum Gasteiger partial charge on any atom is -0.411 e. The molecule has 1 aliphatic heterocycles. The number of benzene rings is 1. The molecule has 10 nitrogen and oxygen atoms in total. The van der Waals surface area contributed by atoms with Crippen LogP contribution in [0.2, 0.25) is 0 Å². The molecule has 2 heterocycles. The summed E-state index contributed by atoms with van der Waals surface area (Å²) in [7, 11) is 3.41. The zero-order valence-corrected chi connectivity index (χ0v) is 14.6. The van der Waals surface area contributed by atoms with E-state index in [-0.39, 0.29) is 17.2 Å². The number of hydrogen-bond acceptors (Lipinski definition) is 9. The summed E-state index contributed by atoms with van der Waals surface area (Å²) in [5, 5.41) is 31.8. The molecule has 26 heavy (non-hydrogen) atoms. The lowest BCUT2D eigenvalue weighted by molar-refractivity contribution is -0.384. The van der Waals surface area contributed by atoms with E-state index < -0.39 is 4.92 Å². The van der Waals surface area contributed by atoms with Gasteiger partial charge >= 0.3 is 0 Å². The van der Waals surface area contributed by atoms with Gasteiger partial charge in [0, 0.05) is 36.7 Å². The maximum Gasteiger partial charge on any atom is 0.270 e. The first kappa shape index (κ1) is 17.5. The highest BCUT2D eigenvalue weighted by atomic mass is 32.2. The van der Waals surface area contributed by atoms with E-state index in [0.717, 1.165) is 6.21 Å². The lowest BCUT2D eigenvalue weighted by Gasteiger charge is -2.15. The Labute approximate surface area is 152 Å². The lowest BCUT2D eigenvalue weighted by Crippen LogP contribution is -2.23. The van der Waals surface area contributed by atoms with Crippen LogP contribution in [0.1, 0.15) is 11.3 Å². The van der Waals surface area contributed by atoms with Crippen LogP contribution in [0.5, 0.6) is 0 Å². The van der Waals surface area contributed by atoms with Gasteiger partial charge in [-0.1, -0.05) is 16.9 Å². The fourth-order valence-corrected chi connectivity index (χ4v) is 3.24. The molecule has 0 spiro atoms. The first-order valence-corrected chi connectivity index (χ1v) is 8.08. The smallest absolute Gasteiger partial charge is 0.270 e. The molecule has 0 radical (unpaired) electrons. The summed E-state index contributed by atoms with van der Waals surface area (Å²) in [6, 6.07) is 4.33. The number of nitrogens with zero attached hydrogens (tertiary/aromatic N) is 6. The number of aliphatic imine (C=N–C) groups is 1. The normalized spacial score (nSPS) is 12.8. The van der Waals surface area contributed by atoms with Crippen molar-refractivity contribution in [1.29, 1.82) is 5.41 Å². The topological polar surface area (TPSA) is 141 Å². The van der Waals surface area contributed by atoms with Crippen molar-refractivity contribution < 1.29 is 10.1 Å². The van der Waals surface area contributed by atoms with Gasteiger partial charge in [0.2, 0.25) is 0 Å². The summed E-state index contributed by atoms with van der Waals surface area (Å²) < 4.78 is 0. The number of nitrogens with one attached hydrogen (secondary N) is 1. The number of fused-ring (bicyclic) bond motifs is 2. The SMILES string of the molecule is CN(C)C(=N)c1ncnc2c1N=C(/C=N\O)c1cc([N+](=O)[O-])ccc1S2. The molecule has 0 saturated carbocycles. The lowest BCUT2D eigenvalue weighted by atomic mass is 10.1. The second-order valence-corrected chi connectivity index (χ2v) is 6.43. The molecule has 0 saturated heterocycles. The Balaban J connectivity index is 2.27. The Kier molecular flexibility index (Phi) is 4.63. The number of amidine groups is 1. The molecule has 0 atom stereocenters. The van der Waals surface area contributed by atoms with Gasteiger partial charge in [-0.3, -0.25) is 15.5 Å². The second-order valence-electron chi connectivity index (χ2n) is 5.40. The van der Waals surface area contributed by atoms with E-state index >= 15 is 0 Å². The van der Waals surface area contributed by atoms with Crippen molar-refractivity contribution in [3.63, 3.8) is 0 Å². The minimum atomic E-state index is -0.510. The minimum absolute atomic E-state index is 0.110. The van der Waals surface area contributed by atoms with E-state index in [1.165, 1.54) is 30.2 Å². The summed E-state index contributed by atoms with van der Waals surface area (Å²) in [6.45, 7) is 0. The van der Waals surface area contributed by atoms with Gasteiger partial charge in [-0.25, -0.2) is 15.0 Å². The fraction of sp³-hybridized carbons (Fsp3) is 0.133. The third-order valence-corrected chi connectivity index (χ3v) is 4.60. The molecule has 1 aromatic carbocycles. The molecule has 2 aromatic rings. The van der Waals surface area contributed by atoms with Gasteiger partial charge in [-0.15, -0.1) is 0 Å². The van der Waals surface area contributed by atoms with Crippen LogP contribution >= 0.6 is 11.8 Å². The standard InChI is InChI=1S/C15H13N7O3S/c1-21(2)14(16)12-13-15(18-7-17-12)26-11-4-3-8(22(24)25)5-9(11)10(20-13)6-19-23/h3-7,16,23H,1-2H3/b16-14?,19-6-. The van der Waals surface area contributed by atoms with E-state index in [9.17, 15) is 10.1 Å². The monoisotopic (exact) mass is 371 g/mol. The molecular weight excluding hydrogens is 358 g/mol. The largest absolute Gasteiger partial charge is 0.411 e. The molecule has 0 unspecified atom stereocenters. The molecule has 1 aromatic heterocycles. The van der Waals surface area contributed by atoms with Crippen LogP contribution in [0.3, 0.4) is 0 Å². The Bertz CT molecular complexity index is 972. The molecule has 0 bridgehead atoms. The van der Waals surface area contributed by atoms with Crippen molar-refractivity contribution in [1.82, 2.24) is 14.9 Å². The molecule has 3 rings (SSSR count). The highest BCUT2D eigenvalue weighted by molar-refractivity contribution is 7.99. The maximum absolute atomic E-state index is 11.1. The maximum atomic E-state index is 11.1. The van der Waals surface area contributed by atoms with Gasteiger partial charge in [-0.05, 0) is 6.07 Å². The van der Waals surface area contributed by atoms with Crippen molar-refractivity contribution in [2.45, 2.75) is 9.92 Å². The molecule has 1 aliphatic rings. The Morgan fingerprint density at radius 1 is 1.42 bits per heavy atom. The van der Waals surface area contributed by atoms with Crippen LogP contribution in [0, 0.1) is 15.5 Å². The van der Waals surface area contributed by atoms with Gasteiger partial charge in [0.1, 0.15) is 28.6 Å². The Morgan fingerprint density at radius 3 is 2.85 bits per heavy atom. The average molecular weight is 371 g/mol. The highest BCUT2D eigenvalue weighted by Crippen LogP contribution is 2.41. The van der Waals surface area contributed by atoms with Crippen LogP contribution in [0.25, 0.3) is 0 Å². The fourth-order valence-electron chi connectivity index (χ4n) is 2.28. The van der Waals surface area contributed by atoms with Gasteiger partial charge in [0.25, 0.3) is 5.69 Å². The number of rotatable bonds is 3. The summed E-state index contributed by atoms with van der Waals surface area (Å²) >= 11 is 1.25. The summed E-state index contributed by atoms with van der Waals surface area (Å²) in [5.41, 5.74) is 1.17. The van der Waals surface area contributed by atoms with Crippen molar-refractivity contribution >= 4 is 40.9 Å². The van der Waals surface area contributed by atoms with Crippen molar-refractivity contribution in [2.24, 2.45) is 10.1 Å². The molecule has 0 fully saturated rings. The van der Waals surface area contributed by atoms with Crippen molar-refractivity contribution in [3.05, 3.63) is 45.9 Å². The van der Waals surface area contributed by atoms with E-state index in [2.05, 4.69) is 20.1 Å². The van der Waals surface area contributed by atoms with Crippen molar-refractivity contribution in [2.75, 3.05) is 14.1 Å². The molecular formula is C15H13N7O3S. The molecule has 0 aliphatic carbocycles. The van der Waals surface area contributed by atoms with Gasteiger partial charge in [0.05, 0.1) is 16.8 Å². The van der Waals surface area contributed by atoms with Gasteiger partial charge < -0.3 is 10.1 Å². The third-order valence-electron chi connectivity index (χ3n) is 3.53. The van der Waals surface area contributed by atoms with Gasteiger partial charge in [-0.2, -0.15) is 0 Å². The van der Waals surface area contributed by atoms with Crippen LogP contribution in [-0.4, -0.2) is 56.9 Å². The third kappa shape index (κ3) is 3.11. The number of hydrogen-bond donors (Lipinski definition) is 2. The molecule has 132 valence electrons. The zero-order valence-electron chi connectivity index (χ0n) is 13.7. The number of nitro benzene ring substituents is 1. The second kappa shape index (κ2) is 6.88. The first-order chi connectivity index (χ1) is 12.4. The number of oxime groups is 1.